The molecule has 0 aromatic carbocycles. The molecule has 0 bridgehead atoms. The summed E-state index contributed by atoms with van der Waals surface area (Å²) in [6.07, 6.45) is 4.18. The van der Waals surface area contributed by atoms with Gasteiger partial charge in [0, 0.05) is 25.3 Å². The second kappa shape index (κ2) is 13.6. The number of aromatic nitrogens is 1. The van der Waals surface area contributed by atoms with Crippen molar-refractivity contribution in [2.45, 2.75) is 96.5 Å². The van der Waals surface area contributed by atoms with Gasteiger partial charge < -0.3 is 35.3 Å². The number of hydrogen-bond acceptors (Lipinski definition) is 8. The Morgan fingerprint density at radius 1 is 1.21 bits per heavy atom. The molecule has 2 amide bonds. The van der Waals surface area contributed by atoms with Crippen LogP contribution in [0.4, 0.5) is 15.4 Å². The van der Waals surface area contributed by atoms with Crippen LogP contribution in [0.25, 0.3) is 0 Å². The lowest BCUT2D eigenvalue weighted by Gasteiger charge is -2.35. The number of nitrogens with one attached hydrogen (secondary N) is 3. The minimum Gasteiger partial charge on any atom is -0.480 e. The van der Waals surface area contributed by atoms with Crippen LogP contribution in [0.3, 0.4) is 0 Å². The van der Waals surface area contributed by atoms with E-state index in [1.54, 1.807) is 27.7 Å². The average molecular weight is 535 g/mol. The standard InChI is InChI=1S/C27H42N4O7/c1-17(16-29-25(34)38-27(2,3)4)37-26(35)31-22(24(32)33)11-13-36-21-14-18(15-21)7-9-20-10-8-19-6-5-12-28-23(19)30-20/h8,10,17-18,21-22H,5-7,9,11-16H2,1-4H3,(H,28,30)(H,29,34)(H,31,35)(H,32,33)/t17-,18-,21-,22-/m0/s1. The van der Waals surface area contributed by atoms with E-state index in [2.05, 4.69) is 28.1 Å². The molecule has 1 aliphatic heterocycles. The lowest BCUT2D eigenvalue weighted by Crippen LogP contribution is -2.44. The van der Waals surface area contributed by atoms with E-state index in [0.29, 0.717) is 5.92 Å². The first-order valence-corrected chi connectivity index (χ1v) is 13.5. The number of carbonyl (C=O) groups is 3. The van der Waals surface area contributed by atoms with Gasteiger partial charge in [0.2, 0.25) is 0 Å². The van der Waals surface area contributed by atoms with Crippen LogP contribution in [0.2, 0.25) is 0 Å². The molecule has 212 valence electrons. The van der Waals surface area contributed by atoms with E-state index >= 15 is 0 Å². The molecular weight excluding hydrogens is 492 g/mol. The maximum absolute atomic E-state index is 12.1. The van der Waals surface area contributed by atoms with Crippen LogP contribution in [-0.4, -0.2) is 71.8 Å². The molecule has 0 radical (unpaired) electrons. The number of fused-ring (bicyclic) bond motifs is 1. The van der Waals surface area contributed by atoms with Crippen molar-refractivity contribution < 1.29 is 33.7 Å². The quantitative estimate of drug-likeness (QED) is 0.315. The number of hydrogen-bond donors (Lipinski definition) is 4. The van der Waals surface area contributed by atoms with Crippen LogP contribution < -0.4 is 16.0 Å². The van der Waals surface area contributed by atoms with Crippen LogP contribution in [0, 0.1) is 5.92 Å². The van der Waals surface area contributed by atoms with E-state index < -0.39 is 35.9 Å². The van der Waals surface area contributed by atoms with Crippen LogP contribution in [0.1, 0.15) is 71.1 Å². The summed E-state index contributed by atoms with van der Waals surface area (Å²) in [6, 6.07) is 3.18. The molecule has 1 aromatic heterocycles. The highest BCUT2D eigenvalue weighted by atomic mass is 16.6. The average Bonchev–Trinajstić information content (AvgIpc) is 2.81. The van der Waals surface area contributed by atoms with Crippen molar-refractivity contribution in [1.29, 1.82) is 0 Å². The van der Waals surface area contributed by atoms with Crippen molar-refractivity contribution in [1.82, 2.24) is 15.6 Å². The molecule has 1 aromatic rings. The molecular formula is C27H42N4O7. The summed E-state index contributed by atoms with van der Waals surface area (Å²) in [5, 5.41) is 17.7. The minimum absolute atomic E-state index is 0.0332. The van der Waals surface area contributed by atoms with Crippen molar-refractivity contribution in [3.05, 3.63) is 23.4 Å². The molecule has 0 spiro atoms. The van der Waals surface area contributed by atoms with Crippen molar-refractivity contribution >= 4 is 24.0 Å². The molecule has 3 rings (SSSR count). The molecule has 1 saturated carbocycles. The lowest BCUT2D eigenvalue weighted by molar-refractivity contribution is -0.140. The number of ether oxygens (including phenoxy) is 3. The van der Waals surface area contributed by atoms with Gasteiger partial charge in [-0.25, -0.2) is 19.4 Å². The Kier molecular flexibility index (Phi) is 10.6. The fourth-order valence-corrected chi connectivity index (χ4v) is 4.46. The first-order chi connectivity index (χ1) is 18.0. The lowest BCUT2D eigenvalue weighted by atomic mass is 9.79. The van der Waals surface area contributed by atoms with E-state index in [-0.39, 0.29) is 25.7 Å². The fourth-order valence-electron chi connectivity index (χ4n) is 4.46. The molecule has 1 aliphatic carbocycles. The summed E-state index contributed by atoms with van der Waals surface area (Å²) >= 11 is 0. The van der Waals surface area contributed by atoms with Crippen LogP contribution in [-0.2, 0) is 31.8 Å². The Balaban J connectivity index is 1.28. The molecule has 11 heteroatoms. The number of aryl methyl sites for hydroxylation is 2. The van der Waals surface area contributed by atoms with Gasteiger partial charge >= 0.3 is 18.2 Å². The van der Waals surface area contributed by atoms with Crippen LogP contribution >= 0.6 is 0 Å². The first-order valence-electron chi connectivity index (χ1n) is 13.5. The van der Waals surface area contributed by atoms with E-state index in [9.17, 15) is 19.5 Å². The van der Waals surface area contributed by atoms with E-state index in [4.69, 9.17) is 19.2 Å². The number of nitrogens with zero attached hydrogens (tertiary/aromatic N) is 1. The summed E-state index contributed by atoms with van der Waals surface area (Å²) in [5.74, 6) is 0.439. The van der Waals surface area contributed by atoms with Gasteiger partial charge in [0.25, 0.3) is 0 Å². The van der Waals surface area contributed by atoms with Gasteiger partial charge in [-0.2, -0.15) is 0 Å². The normalized spacial score (nSPS) is 20.1. The third kappa shape index (κ3) is 10.00. The monoisotopic (exact) mass is 534 g/mol. The molecule has 4 N–H and O–H groups in total. The molecule has 2 aliphatic rings. The largest absolute Gasteiger partial charge is 0.480 e. The van der Waals surface area contributed by atoms with Gasteiger partial charge in [-0.05, 0) is 83.8 Å². The summed E-state index contributed by atoms with van der Waals surface area (Å²) in [5.41, 5.74) is 1.77. The van der Waals surface area contributed by atoms with E-state index in [1.165, 1.54) is 5.56 Å². The zero-order valence-corrected chi connectivity index (χ0v) is 22.9. The van der Waals surface area contributed by atoms with Crippen LogP contribution in [0.15, 0.2) is 12.1 Å². The zero-order chi connectivity index (χ0) is 27.7. The van der Waals surface area contributed by atoms with Gasteiger partial charge in [-0.1, -0.05) is 6.07 Å². The maximum Gasteiger partial charge on any atom is 0.408 e. The number of pyridine rings is 1. The molecule has 0 unspecified atom stereocenters. The Morgan fingerprint density at radius 3 is 2.68 bits per heavy atom. The van der Waals surface area contributed by atoms with Gasteiger partial charge in [0.1, 0.15) is 23.6 Å². The number of carboxylic acid groups (broad SMARTS) is 1. The molecule has 2 heterocycles. The first kappa shape index (κ1) is 29.5. The van der Waals surface area contributed by atoms with Crippen molar-refractivity contribution in [3.8, 4) is 0 Å². The minimum atomic E-state index is -1.16. The summed E-state index contributed by atoms with van der Waals surface area (Å²) in [6.45, 7) is 8.05. The van der Waals surface area contributed by atoms with Gasteiger partial charge in [-0.3, -0.25) is 0 Å². The van der Waals surface area contributed by atoms with Crippen molar-refractivity contribution in [3.63, 3.8) is 0 Å². The predicted molar refractivity (Wildman–Crippen MR) is 141 cm³/mol. The summed E-state index contributed by atoms with van der Waals surface area (Å²) in [4.78, 5) is 40.2. The third-order valence-corrected chi connectivity index (χ3v) is 6.54. The Labute approximate surface area is 224 Å². The molecule has 1 fully saturated rings. The number of alkyl carbamates (subject to hydrolysis) is 2. The van der Waals surface area contributed by atoms with Crippen molar-refractivity contribution in [2.24, 2.45) is 5.92 Å². The second-order valence-corrected chi connectivity index (χ2v) is 11.1. The topological polar surface area (TPSA) is 148 Å². The number of carbonyl (C=O) groups excluding carboxylic acids is 2. The predicted octanol–water partition coefficient (Wildman–Crippen LogP) is 3.65. The summed E-state index contributed by atoms with van der Waals surface area (Å²) in [7, 11) is 0. The Bertz CT molecular complexity index is 959. The SMILES string of the molecule is C[C@@H](CNC(=O)OC(C)(C)C)OC(=O)N[C@@H](CCO[C@H]1C[C@H](CCc2ccc3c(n2)NCCC3)C1)C(=O)O. The van der Waals surface area contributed by atoms with Gasteiger partial charge in [-0.15, -0.1) is 0 Å². The highest BCUT2D eigenvalue weighted by Crippen LogP contribution is 2.34. The van der Waals surface area contributed by atoms with E-state index in [1.807, 2.05) is 0 Å². The number of aliphatic carboxylic acids is 1. The number of amides is 2. The maximum atomic E-state index is 12.1. The van der Waals surface area contributed by atoms with Gasteiger partial charge in [0.15, 0.2) is 0 Å². The fraction of sp³-hybridized carbons (Fsp3) is 0.704. The van der Waals surface area contributed by atoms with E-state index in [0.717, 1.165) is 56.6 Å². The van der Waals surface area contributed by atoms with Crippen molar-refractivity contribution in [2.75, 3.05) is 25.0 Å². The number of rotatable bonds is 12. The highest BCUT2D eigenvalue weighted by Gasteiger charge is 2.30. The second-order valence-electron chi connectivity index (χ2n) is 11.1. The molecule has 38 heavy (non-hydrogen) atoms. The third-order valence-electron chi connectivity index (χ3n) is 6.54. The highest BCUT2D eigenvalue weighted by molar-refractivity contribution is 5.79. The Hall–Kier alpha value is -3.08. The summed E-state index contributed by atoms with van der Waals surface area (Å²) < 4.78 is 16.1. The zero-order valence-electron chi connectivity index (χ0n) is 22.9. The molecule has 11 nitrogen and oxygen atoms in total. The number of carboxylic acids is 1. The Morgan fingerprint density at radius 2 is 1.97 bits per heavy atom. The smallest absolute Gasteiger partial charge is 0.408 e. The molecule has 2 atom stereocenters. The number of anilines is 1. The van der Waals surface area contributed by atoms with Crippen LogP contribution in [0.5, 0.6) is 0 Å². The molecule has 0 saturated heterocycles. The van der Waals surface area contributed by atoms with Gasteiger partial charge in [0.05, 0.1) is 12.6 Å².